The van der Waals surface area contributed by atoms with E-state index in [0.29, 0.717) is 19.1 Å². The van der Waals surface area contributed by atoms with Crippen LogP contribution in [0, 0.1) is 5.92 Å². The van der Waals surface area contributed by atoms with E-state index in [1.807, 2.05) is 28.9 Å². The van der Waals surface area contributed by atoms with Gasteiger partial charge < -0.3 is 10.5 Å². The van der Waals surface area contributed by atoms with Crippen molar-refractivity contribution >= 4 is 5.69 Å². The van der Waals surface area contributed by atoms with Gasteiger partial charge in [-0.15, -0.1) is 0 Å². The number of nitrogen functional groups attached to an aromatic ring is 1. The molecule has 0 radical (unpaired) electrons. The second-order valence-corrected chi connectivity index (χ2v) is 5.25. The minimum Gasteiger partial charge on any atom is -0.399 e. The summed E-state index contributed by atoms with van der Waals surface area (Å²) in [7, 11) is 0. The number of ether oxygens (including phenoxy) is 1. The summed E-state index contributed by atoms with van der Waals surface area (Å²) in [6.07, 6.45) is 2.39. The summed E-state index contributed by atoms with van der Waals surface area (Å²) in [6, 6.07) is 7.87. The van der Waals surface area contributed by atoms with E-state index in [2.05, 4.69) is 23.9 Å². The van der Waals surface area contributed by atoms with E-state index in [0.717, 1.165) is 30.0 Å². The fourth-order valence-corrected chi connectivity index (χ4v) is 2.01. The molecule has 0 fully saturated rings. The van der Waals surface area contributed by atoms with E-state index in [9.17, 15) is 0 Å². The summed E-state index contributed by atoms with van der Waals surface area (Å²) in [6.45, 7) is 6.29. The highest BCUT2D eigenvalue weighted by molar-refractivity contribution is 5.46. The molecular formula is C15H22N4O. The number of nitrogens with two attached hydrogens (primary N) is 1. The first-order valence-corrected chi connectivity index (χ1v) is 6.94. The number of hydrogen-bond acceptors (Lipinski definition) is 4. The van der Waals surface area contributed by atoms with E-state index < -0.39 is 0 Å². The van der Waals surface area contributed by atoms with Crippen molar-refractivity contribution in [3.8, 4) is 0 Å². The Bertz CT molecular complexity index is 536. The third-order valence-electron chi connectivity index (χ3n) is 3.04. The van der Waals surface area contributed by atoms with Crippen LogP contribution in [0.5, 0.6) is 0 Å². The van der Waals surface area contributed by atoms with Crippen LogP contribution in [-0.2, 0) is 24.3 Å². The van der Waals surface area contributed by atoms with Crippen LogP contribution < -0.4 is 5.73 Å². The Morgan fingerprint density at radius 2 is 2.10 bits per heavy atom. The number of benzene rings is 1. The fraction of sp³-hybridized carbons (Fsp3) is 0.467. The van der Waals surface area contributed by atoms with Crippen molar-refractivity contribution in [1.82, 2.24) is 14.8 Å². The molecule has 0 amide bonds. The van der Waals surface area contributed by atoms with Crippen LogP contribution in [0.2, 0.25) is 0 Å². The second kappa shape index (κ2) is 7.05. The standard InChI is InChI=1S/C15H22N4O/c1-12(2)9-19-15(17-11-18-19)10-20-8-7-13-5-3-4-6-14(13)16/h3-6,11-12H,7-10,16H2,1-2H3. The van der Waals surface area contributed by atoms with Gasteiger partial charge in [0.25, 0.3) is 0 Å². The minimum atomic E-state index is 0.486. The number of aromatic nitrogens is 3. The monoisotopic (exact) mass is 274 g/mol. The Hall–Kier alpha value is -1.88. The predicted molar refractivity (Wildman–Crippen MR) is 79.1 cm³/mol. The quantitative estimate of drug-likeness (QED) is 0.621. The average Bonchev–Trinajstić information content (AvgIpc) is 2.83. The molecule has 1 aromatic heterocycles. The zero-order chi connectivity index (χ0) is 14.4. The first kappa shape index (κ1) is 14.5. The van der Waals surface area contributed by atoms with Crippen LogP contribution in [0.1, 0.15) is 25.2 Å². The highest BCUT2D eigenvalue weighted by Gasteiger charge is 2.06. The minimum absolute atomic E-state index is 0.486. The van der Waals surface area contributed by atoms with Crippen LogP contribution >= 0.6 is 0 Å². The van der Waals surface area contributed by atoms with Crippen molar-refractivity contribution in [2.45, 2.75) is 33.4 Å². The van der Waals surface area contributed by atoms with Crippen molar-refractivity contribution in [1.29, 1.82) is 0 Å². The third-order valence-corrected chi connectivity index (χ3v) is 3.04. The normalized spacial score (nSPS) is 11.2. The van der Waals surface area contributed by atoms with Crippen molar-refractivity contribution in [3.63, 3.8) is 0 Å². The van der Waals surface area contributed by atoms with Gasteiger partial charge in [0.05, 0.1) is 6.61 Å². The predicted octanol–water partition coefficient (Wildman–Crippen LogP) is 2.28. The van der Waals surface area contributed by atoms with Gasteiger partial charge in [-0.3, -0.25) is 0 Å². The third kappa shape index (κ3) is 4.06. The number of anilines is 1. The molecule has 20 heavy (non-hydrogen) atoms. The zero-order valence-corrected chi connectivity index (χ0v) is 12.1. The highest BCUT2D eigenvalue weighted by atomic mass is 16.5. The van der Waals surface area contributed by atoms with Crippen molar-refractivity contribution in [2.75, 3.05) is 12.3 Å². The summed E-state index contributed by atoms with van der Waals surface area (Å²) < 4.78 is 7.58. The lowest BCUT2D eigenvalue weighted by Crippen LogP contribution is -2.12. The lowest BCUT2D eigenvalue weighted by atomic mass is 10.1. The number of para-hydroxylation sites is 1. The van der Waals surface area contributed by atoms with Crippen LogP contribution in [0.4, 0.5) is 5.69 Å². The summed E-state index contributed by atoms with van der Waals surface area (Å²) in [4.78, 5) is 4.23. The molecule has 0 unspecified atom stereocenters. The van der Waals surface area contributed by atoms with Gasteiger partial charge in [0.2, 0.25) is 0 Å². The zero-order valence-electron chi connectivity index (χ0n) is 12.1. The lowest BCUT2D eigenvalue weighted by molar-refractivity contribution is 0.114. The van der Waals surface area contributed by atoms with Crippen molar-refractivity contribution in [2.24, 2.45) is 5.92 Å². The maximum atomic E-state index is 5.89. The molecule has 1 heterocycles. The molecule has 0 saturated heterocycles. The fourth-order valence-electron chi connectivity index (χ4n) is 2.01. The molecule has 5 heteroatoms. The first-order chi connectivity index (χ1) is 9.66. The van der Waals surface area contributed by atoms with E-state index in [-0.39, 0.29) is 0 Å². The van der Waals surface area contributed by atoms with Gasteiger partial charge in [0, 0.05) is 12.2 Å². The summed E-state index contributed by atoms with van der Waals surface area (Å²) in [5.41, 5.74) is 7.83. The molecule has 2 rings (SSSR count). The van der Waals surface area contributed by atoms with Crippen LogP contribution in [0.3, 0.4) is 0 Å². The molecule has 2 aromatic rings. The van der Waals surface area contributed by atoms with Gasteiger partial charge in [-0.2, -0.15) is 5.10 Å². The molecule has 5 nitrogen and oxygen atoms in total. The molecule has 0 aliphatic rings. The van der Waals surface area contributed by atoms with E-state index in [4.69, 9.17) is 10.5 Å². The molecular weight excluding hydrogens is 252 g/mol. The van der Waals surface area contributed by atoms with Crippen LogP contribution in [0.25, 0.3) is 0 Å². The molecule has 1 aromatic carbocycles. The summed E-state index contributed by atoms with van der Waals surface area (Å²) >= 11 is 0. The molecule has 0 spiro atoms. The van der Waals surface area contributed by atoms with E-state index >= 15 is 0 Å². The molecule has 0 aliphatic carbocycles. The first-order valence-electron chi connectivity index (χ1n) is 6.94. The largest absolute Gasteiger partial charge is 0.399 e. The Morgan fingerprint density at radius 1 is 1.30 bits per heavy atom. The second-order valence-electron chi connectivity index (χ2n) is 5.25. The van der Waals surface area contributed by atoms with Gasteiger partial charge >= 0.3 is 0 Å². The van der Waals surface area contributed by atoms with Crippen LogP contribution in [-0.4, -0.2) is 21.4 Å². The molecule has 0 bridgehead atoms. The van der Waals surface area contributed by atoms with Gasteiger partial charge in [-0.1, -0.05) is 32.0 Å². The Morgan fingerprint density at radius 3 is 2.85 bits per heavy atom. The van der Waals surface area contributed by atoms with Gasteiger partial charge in [-0.05, 0) is 24.0 Å². The summed E-state index contributed by atoms with van der Waals surface area (Å²) in [5.74, 6) is 1.42. The van der Waals surface area contributed by atoms with Gasteiger partial charge in [-0.25, -0.2) is 9.67 Å². The SMILES string of the molecule is CC(C)Cn1ncnc1COCCc1ccccc1N. The smallest absolute Gasteiger partial charge is 0.152 e. The maximum absolute atomic E-state index is 5.89. The van der Waals surface area contributed by atoms with Crippen molar-refractivity contribution < 1.29 is 4.74 Å². The van der Waals surface area contributed by atoms with E-state index in [1.54, 1.807) is 6.33 Å². The van der Waals surface area contributed by atoms with Crippen LogP contribution in [0.15, 0.2) is 30.6 Å². The van der Waals surface area contributed by atoms with Gasteiger partial charge in [0.15, 0.2) is 5.82 Å². The van der Waals surface area contributed by atoms with Crippen molar-refractivity contribution in [3.05, 3.63) is 42.0 Å². The summed E-state index contributed by atoms with van der Waals surface area (Å²) in [5, 5.41) is 4.21. The Kier molecular flexibility index (Phi) is 5.12. The average molecular weight is 274 g/mol. The van der Waals surface area contributed by atoms with Gasteiger partial charge in [0.1, 0.15) is 12.9 Å². The Balaban J connectivity index is 1.79. The Labute approximate surface area is 119 Å². The molecule has 2 N–H and O–H groups in total. The number of nitrogens with zero attached hydrogens (tertiary/aromatic N) is 3. The maximum Gasteiger partial charge on any atom is 0.152 e. The van der Waals surface area contributed by atoms with E-state index in [1.165, 1.54) is 0 Å². The topological polar surface area (TPSA) is 66.0 Å². The number of hydrogen-bond donors (Lipinski definition) is 1. The molecule has 0 saturated carbocycles. The molecule has 0 atom stereocenters. The molecule has 0 aliphatic heterocycles. The molecule has 108 valence electrons. The number of rotatable bonds is 7. The highest BCUT2D eigenvalue weighted by Crippen LogP contribution is 2.11. The lowest BCUT2D eigenvalue weighted by Gasteiger charge is -2.09.